The summed E-state index contributed by atoms with van der Waals surface area (Å²) < 4.78 is 53.5. The molecule has 5 rings (SSSR count). The number of para-hydroxylation sites is 1. The predicted molar refractivity (Wildman–Crippen MR) is 167 cm³/mol. The standard InChI is InChI=1S/C34H35NO7S/c1-22-10-15-32(31(20-22)27-13-11-23(2)33-28(27)16-17-40-18-19-41-33)35-43(37,38)24(3)30-21-26(12-14-29(30)34(36)39-4)42-25-8-6-5-7-9-25/h5-15,20-21,24,35H,16-19H2,1-4H3. The number of rotatable bonds is 8. The minimum absolute atomic E-state index is 0.141. The van der Waals surface area contributed by atoms with E-state index in [0.717, 1.165) is 33.6 Å². The molecule has 1 heterocycles. The maximum atomic E-state index is 14.0. The number of hydrogen-bond acceptors (Lipinski definition) is 7. The zero-order valence-corrected chi connectivity index (χ0v) is 25.5. The van der Waals surface area contributed by atoms with Gasteiger partial charge in [0.25, 0.3) is 0 Å². The van der Waals surface area contributed by atoms with Gasteiger partial charge in [0.05, 0.1) is 31.6 Å². The van der Waals surface area contributed by atoms with Gasteiger partial charge in [0.2, 0.25) is 10.0 Å². The molecule has 0 aliphatic carbocycles. The average molecular weight is 602 g/mol. The molecule has 0 fully saturated rings. The van der Waals surface area contributed by atoms with E-state index in [0.29, 0.717) is 43.4 Å². The summed E-state index contributed by atoms with van der Waals surface area (Å²) in [4.78, 5) is 12.7. The summed E-state index contributed by atoms with van der Waals surface area (Å²) in [6, 6.07) is 23.4. The Kier molecular flexibility index (Phi) is 9.03. The Bertz CT molecular complexity index is 1740. The normalized spacial score (nSPS) is 14.0. The summed E-state index contributed by atoms with van der Waals surface area (Å²) in [5, 5.41) is -1.13. The van der Waals surface area contributed by atoms with E-state index in [1.807, 2.05) is 56.3 Å². The summed E-state index contributed by atoms with van der Waals surface area (Å²) in [5.74, 6) is 1.15. The van der Waals surface area contributed by atoms with Crippen LogP contribution in [0.15, 0.2) is 78.9 Å². The summed E-state index contributed by atoms with van der Waals surface area (Å²) in [6.07, 6.45) is 0.625. The molecule has 0 bridgehead atoms. The lowest BCUT2D eigenvalue weighted by atomic mass is 9.92. The van der Waals surface area contributed by atoms with E-state index in [-0.39, 0.29) is 11.1 Å². The van der Waals surface area contributed by atoms with Crippen molar-refractivity contribution in [1.29, 1.82) is 0 Å². The highest BCUT2D eigenvalue weighted by atomic mass is 32.2. The number of ether oxygens (including phenoxy) is 4. The SMILES string of the molecule is COC(=O)c1ccc(Oc2ccccc2)cc1C(C)S(=O)(=O)Nc1ccc(C)cc1-c1ccc(C)c2c1CCOCCO2. The molecular weight excluding hydrogens is 566 g/mol. The molecule has 224 valence electrons. The molecule has 4 aromatic rings. The van der Waals surface area contributed by atoms with Crippen LogP contribution in [0.3, 0.4) is 0 Å². The first kappa shape index (κ1) is 30.1. The third-order valence-corrected chi connectivity index (χ3v) is 9.15. The number of nitrogens with one attached hydrogen (secondary N) is 1. The molecule has 0 saturated heterocycles. The fraction of sp³-hybridized carbons (Fsp3) is 0.265. The summed E-state index contributed by atoms with van der Waals surface area (Å²) in [7, 11) is -2.81. The van der Waals surface area contributed by atoms with Crippen LogP contribution in [0.2, 0.25) is 0 Å². The monoisotopic (exact) mass is 601 g/mol. The van der Waals surface area contributed by atoms with Crippen molar-refractivity contribution in [3.63, 3.8) is 0 Å². The third-order valence-electron chi connectivity index (χ3n) is 7.46. The Morgan fingerprint density at radius 2 is 1.67 bits per heavy atom. The van der Waals surface area contributed by atoms with Gasteiger partial charge >= 0.3 is 5.97 Å². The molecule has 1 aliphatic rings. The van der Waals surface area contributed by atoms with Gasteiger partial charge < -0.3 is 18.9 Å². The van der Waals surface area contributed by atoms with Crippen molar-refractivity contribution in [2.24, 2.45) is 0 Å². The van der Waals surface area contributed by atoms with E-state index < -0.39 is 21.2 Å². The number of carbonyl (C=O) groups excluding carboxylic acids is 1. The molecule has 1 atom stereocenters. The average Bonchev–Trinajstić information content (AvgIpc) is 2.98. The van der Waals surface area contributed by atoms with Gasteiger partial charge in [-0.3, -0.25) is 4.72 Å². The number of hydrogen-bond donors (Lipinski definition) is 1. The molecule has 8 nitrogen and oxygen atoms in total. The molecule has 0 saturated carbocycles. The highest BCUT2D eigenvalue weighted by Crippen LogP contribution is 2.40. The van der Waals surface area contributed by atoms with Crippen LogP contribution < -0.4 is 14.2 Å². The Hall–Kier alpha value is -4.34. The molecule has 0 spiro atoms. The number of aryl methyl sites for hydroxylation is 2. The van der Waals surface area contributed by atoms with Crippen LogP contribution in [0.5, 0.6) is 17.2 Å². The van der Waals surface area contributed by atoms with Crippen molar-refractivity contribution >= 4 is 21.7 Å². The first-order valence-corrected chi connectivity index (χ1v) is 15.6. The summed E-state index contributed by atoms with van der Waals surface area (Å²) in [6.45, 7) is 6.99. The Morgan fingerprint density at radius 3 is 2.44 bits per heavy atom. The second kappa shape index (κ2) is 12.9. The van der Waals surface area contributed by atoms with Crippen molar-refractivity contribution in [2.75, 3.05) is 31.7 Å². The molecule has 0 radical (unpaired) electrons. The van der Waals surface area contributed by atoms with Crippen molar-refractivity contribution < 1.29 is 32.2 Å². The van der Waals surface area contributed by atoms with Crippen LogP contribution in [-0.4, -0.2) is 41.3 Å². The maximum Gasteiger partial charge on any atom is 0.338 e. The lowest BCUT2D eigenvalue weighted by Gasteiger charge is -2.23. The number of benzene rings is 4. The first-order valence-electron chi connectivity index (χ1n) is 14.1. The molecule has 43 heavy (non-hydrogen) atoms. The fourth-order valence-corrected chi connectivity index (χ4v) is 6.36. The molecule has 1 unspecified atom stereocenters. The second-order valence-electron chi connectivity index (χ2n) is 10.4. The predicted octanol–water partition coefficient (Wildman–Crippen LogP) is 7.00. The molecule has 1 N–H and O–H groups in total. The minimum atomic E-state index is -4.08. The van der Waals surface area contributed by atoms with Gasteiger partial charge in [0, 0.05) is 17.5 Å². The Morgan fingerprint density at radius 1 is 0.884 bits per heavy atom. The lowest BCUT2D eigenvalue weighted by Crippen LogP contribution is -2.22. The topological polar surface area (TPSA) is 100 Å². The van der Waals surface area contributed by atoms with Gasteiger partial charge in [-0.15, -0.1) is 0 Å². The van der Waals surface area contributed by atoms with E-state index in [1.54, 1.807) is 30.3 Å². The first-order chi connectivity index (χ1) is 20.7. The number of methoxy groups -OCH3 is 1. The fourth-order valence-electron chi connectivity index (χ4n) is 5.17. The third kappa shape index (κ3) is 6.68. The second-order valence-corrected chi connectivity index (χ2v) is 12.4. The van der Waals surface area contributed by atoms with E-state index in [9.17, 15) is 13.2 Å². The van der Waals surface area contributed by atoms with Crippen LogP contribution in [-0.2, 0) is 25.9 Å². The van der Waals surface area contributed by atoms with Crippen molar-refractivity contribution in [2.45, 2.75) is 32.4 Å². The van der Waals surface area contributed by atoms with Crippen molar-refractivity contribution in [3.05, 3.63) is 107 Å². The largest absolute Gasteiger partial charge is 0.491 e. The van der Waals surface area contributed by atoms with Crippen LogP contribution in [0.1, 0.15) is 44.8 Å². The van der Waals surface area contributed by atoms with E-state index >= 15 is 0 Å². The van der Waals surface area contributed by atoms with Crippen molar-refractivity contribution in [1.82, 2.24) is 0 Å². The highest BCUT2D eigenvalue weighted by Gasteiger charge is 2.29. The van der Waals surface area contributed by atoms with Crippen LogP contribution >= 0.6 is 0 Å². The molecule has 4 aromatic carbocycles. The Labute approximate surface area is 252 Å². The zero-order chi connectivity index (χ0) is 30.6. The number of anilines is 1. The number of esters is 1. The minimum Gasteiger partial charge on any atom is -0.491 e. The van der Waals surface area contributed by atoms with Gasteiger partial charge in [0.15, 0.2) is 0 Å². The molecule has 9 heteroatoms. The lowest BCUT2D eigenvalue weighted by molar-refractivity contribution is 0.0599. The summed E-state index contributed by atoms with van der Waals surface area (Å²) >= 11 is 0. The van der Waals surface area contributed by atoms with Gasteiger partial charge in [-0.1, -0.05) is 42.0 Å². The van der Waals surface area contributed by atoms with Gasteiger partial charge in [0.1, 0.15) is 29.1 Å². The number of carbonyl (C=O) groups is 1. The summed E-state index contributed by atoms with van der Waals surface area (Å²) in [5.41, 5.74) is 5.37. The highest BCUT2D eigenvalue weighted by molar-refractivity contribution is 7.92. The van der Waals surface area contributed by atoms with Crippen LogP contribution in [0.4, 0.5) is 5.69 Å². The maximum absolute atomic E-state index is 14.0. The molecule has 0 amide bonds. The van der Waals surface area contributed by atoms with E-state index in [1.165, 1.54) is 20.1 Å². The molecule has 1 aliphatic heterocycles. The van der Waals surface area contributed by atoms with Crippen LogP contribution in [0, 0.1) is 13.8 Å². The van der Waals surface area contributed by atoms with Crippen LogP contribution in [0.25, 0.3) is 11.1 Å². The molecule has 0 aromatic heterocycles. The van der Waals surface area contributed by atoms with Gasteiger partial charge in [-0.2, -0.15) is 0 Å². The zero-order valence-electron chi connectivity index (χ0n) is 24.7. The van der Waals surface area contributed by atoms with Gasteiger partial charge in [-0.05, 0) is 79.9 Å². The van der Waals surface area contributed by atoms with E-state index in [2.05, 4.69) is 4.72 Å². The molecular formula is C34H35NO7S. The quantitative estimate of drug-likeness (QED) is 0.217. The smallest absolute Gasteiger partial charge is 0.338 e. The Balaban J connectivity index is 1.54. The van der Waals surface area contributed by atoms with Crippen molar-refractivity contribution in [3.8, 4) is 28.4 Å². The van der Waals surface area contributed by atoms with E-state index in [4.69, 9.17) is 18.9 Å². The number of fused-ring (bicyclic) bond motifs is 1. The number of sulfonamides is 1. The van der Waals surface area contributed by atoms with Gasteiger partial charge in [-0.25, -0.2) is 13.2 Å².